The van der Waals surface area contributed by atoms with Crippen molar-refractivity contribution in [3.8, 4) is 0 Å². The molecule has 1 N–H and O–H groups in total. The zero-order valence-corrected chi connectivity index (χ0v) is 18.7. The highest BCUT2D eigenvalue weighted by atomic mass is 32.2. The summed E-state index contributed by atoms with van der Waals surface area (Å²) in [6.07, 6.45) is 4.83. The van der Waals surface area contributed by atoms with Gasteiger partial charge in [-0.25, -0.2) is 23.4 Å². The average molecular weight is 439 g/mol. The first-order valence-corrected chi connectivity index (χ1v) is 11.7. The Balaban J connectivity index is 1.42. The molecule has 3 aromatic rings. The summed E-state index contributed by atoms with van der Waals surface area (Å²) in [7, 11) is -3.72. The maximum atomic E-state index is 12.9. The van der Waals surface area contributed by atoms with Gasteiger partial charge in [0.1, 0.15) is 5.82 Å². The zero-order valence-electron chi connectivity index (χ0n) is 17.9. The van der Waals surface area contributed by atoms with Crippen LogP contribution in [0.15, 0.2) is 53.8 Å². The van der Waals surface area contributed by atoms with Gasteiger partial charge in [-0.15, -0.1) is 0 Å². The third kappa shape index (κ3) is 4.61. The van der Waals surface area contributed by atoms with Gasteiger partial charge in [-0.2, -0.15) is 0 Å². The Morgan fingerprint density at radius 2 is 1.48 bits per heavy atom. The Kier molecular flexibility index (Phi) is 5.77. The molecule has 0 unspecified atom stereocenters. The molecule has 1 fully saturated rings. The average Bonchev–Trinajstić information content (AvgIpc) is 2.77. The topological polar surface area (TPSA) is 91.3 Å². The number of aryl methyl sites for hydroxylation is 3. The molecule has 162 valence electrons. The fourth-order valence-corrected chi connectivity index (χ4v) is 4.99. The predicted molar refractivity (Wildman–Crippen MR) is 122 cm³/mol. The molecule has 1 aliphatic heterocycles. The lowest BCUT2D eigenvalue weighted by Gasteiger charge is -2.35. The molecular weight excluding hydrogens is 412 g/mol. The molecule has 0 spiro atoms. The highest BCUT2D eigenvalue weighted by molar-refractivity contribution is 7.92. The van der Waals surface area contributed by atoms with Crippen molar-refractivity contribution in [2.75, 3.05) is 40.7 Å². The van der Waals surface area contributed by atoms with Gasteiger partial charge >= 0.3 is 0 Å². The summed E-state index contributed by atoms with van der Waals surface area (Å²) in [6.45, 7) is 8.84. The van der Waals surface area contributed by atoms with E-state index in [9.17, 15) is 8.42 Å². The molecule has 3 heterocycles. The van der Waals surface area contributed by atoms with Crippen LogP contribution in [0.25, 0.3) is 0 Å². The van der Waals surface area contributed by atoms with E-state index in [1.807, 2.05) is 38.1 Å². The summed E-state index contributed by atoms with van der Waals surface area (Å²) in [4.78, 5) is 17.8. The molecule has 1 aliphatic rings. The fraction of sp³-hybridized carbons (Fsp3) is 0.318. The van der Waals surface area contributed by atoms with E-state index in [0.29, 0.717) is 17.2 Å². The van der Waals surface area contributed by atoms with Gasteiger partial charge in [0.25, 0.3) is 10.0 Å². The molecule has 2 aromatic heterocycles. The van der Waals surface area contributed by atoms with Gasteiger partial charge in [-0.05, 0) is 55.7 Å². The van der Waals surface area contributed by atoms with E-state index in [1.165, 1.54) is 12.4 Å². The highest BCUT2D eigenvalue weighted by Gasteiger charge is 2.21. The lowest BCUT2D eigenvalue weighted by Crippen LogP contribution is -2.47. The Hall–Kier alpha value is -3.20. The maximum absolute atomic E-state index is 12.9. The molecule has 31 heavy (non-hydrogen) atoms. The van der Waals surface area contributed by atoms with E-state index < -0.39 is 10.0 Å². The zero-order chi connectivity index (χ0) is 22.0. The first-order chi connectivity index (χ1) is 14.8. The van der Waals surface area contributed by atoms with Gasteiger partial charge in [-0.1, -0.05) is 12.1 Å². The van der Waals surface area contributed by atoms with Crippen molar-refractivity contribution >= 4 is 27.5 Å². The van der Waals surface area contributed by atoms with Gasteiger partial charge in [-0.3, -0.25) is 4.72 Å². The molecule has 1 saturated heterocycles. The van der Waals surface area contributed by atoms with Gasteiger partial charge in [0, 0.05) is 32.4 Å². The van der Waals surface area contributed by atoms with E-state index in [0.717, 1.165) is 43.1 Å². The number of hydrogen-bond acceptors (Lipinski definition) is 7. The molecule has 0 aliphatic carbocycles. The first kappa shape index (κ1) is 21.0. The lowest BCUT2D eigenvalue weighted by atomic mass is 10.1. The van der Waals surface area contributed by atoms with Crippen LogP contribution in [0, 0.1) is 20.8 Å². The number of hydrogen-bond donors (Lipinski definition) is 1. The van der Waals surface area contributed by atoms with Crippen molar-refractivity contribution in [3.05, 3.63) is 65.6 Å². The second-order valence-corrected chi connectivity index (χ2v) is 9.39. The van der Waals surface area contributed by atoms with Crippen LogP contribution in [0.1, 0.15) is 16.7 Å². The number of benzene rings is 1. The smallest absolute Gasteiger partial charge is 0.262 e. The summed E-state index contributed by atoms with van der Waals surface area (Å²) in [5.74, 6) is 1.56. The molecule has 0 saturated carbocycles. The quantitative estimate of drug-likeness (QED) is 0.655. The molecule has 1 aromatic carbocycles. The van der Waals surface area contributed by atoms with Crippen LogP contribution >= 0.6 is 0 Å². The standard InChI is InChI=1S/C22H26N6O2S/c1-16-12-18(3)20(13-17(16)2)31(29,30)26-19-14-24-22(25-15-19)28-10-8-27(9-11-28)21-6-4-5-7-23-21/h4-7,12-15,26H,8-11H2,1-3H3. The normalized spacial score (nSPS) is 14.5. The predicted octanol–water partition coefficient (Wildman–Crippen LogP) is 2.92. The summed E-state index contributed by atoms with van der Waals surface area (Å²) in [6, 6.07) is 9.48. The molecular formula is C22H26N6O2S. The fourth-order valence-electron chi connectivity index (χ4n) is 3.65. The Morgan fingerprint density at radius 1 is 0.839 bits per heavy atom. The van der Waals surface area contributed by atoms with E-state index in [-0.39, 0.29) is 4.90 Å². The molecule has 4 rings (SSSR count). The number of sulfonamides is 1. The molecule has 9 heteroatoms. The first-order valence-electron chi connectivity index (χ1n) is 10.2. The van der Waals surface area contributed by atoms with Crippen molar-refractivity contribution < 1.29 is 8.42 Å². The third-order valence-corrected chi connectivity index (χ3v) is 7.03. The lowest BCUT2D eigenvalue weighted by molar-refractivity contribution is 0.600. The van der Waals surface area contributed by atoms with Crippen LogP contribution in [-0.4, -0.2) is 49.5 Å². The molecule has 0 radical (unpaired) electrons. The number of piperazine rings is 1. The third-order valence-electron chi connectivity index (χ3n) is 5.51. The number of aromatic nitrogens is 3. The molecule has 0 amide bonds. The largest absolute Gasteiger partial charge is 0.353 e. The summed E-state index contributed by atoms with van der Waals surface area (Å²) in [5.41, 5.74) is 3.04. The van der Waals surface area contributed by atoms with Crippen LogP contribution < -0.4 is 14.5 Å². The van der Waals surface area contributed by atoms with Crippen LogP contribution in [0.5, 0.6) is 0 Å². The van der Waals surface area contributed by atoms with Crippen LogP contribution in [0.2, 0.25) is 0 Å². The van der Waals surface area contributed by atoms with Crippen LogP contribution in [0.3, 0.4) is 0 Å². The van der Waals surface area contributed by atoms with E-state index in [1.54, 1.807) is 19.2 Å². The number of rotatable bonds is 5. The summed E-state index contributed by atoms with van der Waals surface area (Å²) >= 11 is 0. The Bertz CT molecular complexity index is 1160. The number of nitrogens with zero attached hydrogens (tertiary/aromatic N) is 5. The number of anilines is 3. The number of nitrogens with one attached hydrogen (secondary N) is 1. The highest BCUT2D eigenvalue weighted by Crippen LogP contribution is 2.23. The summed E-state index contributed by atoms with van der Waals surface area (Å²) < 4.78 is 28.3. The second-order valence-electron chi connectivity index (χ2n) is 7.74. The van der Waals surface area contributed by atoms with E-state index in [2.05, 4.69) is 29.5 Å². The monoisotopic (exact) mass is 438 g/mol. The van der Waals surface area contributed by atoms with Crippen molar-refractivity contribution in [2.24, 2.45) is 0 Å². The van der Waals surface area contributed by atoms with Gasteiger partial charge < -0.3 is 9.80 Å². The second kappa shape index (κ2) is 8.50. The minimum atomic E-state index is -3.72. The van der Waals surface area contributed by atoms with E-state index in [4.69, 9.17) is 0 Å². The molecule has 8 nitrogen and oxygen atoms in total. The SMILES string of the molecule is Cc1cc(C)c(S(=O)(=O)Nc2cnc(N3CCN(c4ccccn4)CC3)nc2)cc1C. The van der Waals surface area contributed by atoms with Crippen LogP contribution in [0.4, 0.5) is 17.5 Å². The van der Waals surface area contributed by atoms with Crippen molar-refractivity contribution in [1.82, 2.24) is 15.0 Å². The molecule has 0 bridgehead atoms. The number of pyridine rings is 1. The van der Waals surface area contributed by atoms with Gasteiger partial charge in [0.15, 0.2) is 0 Å². The molecule has 0 atom stereocenters. The van der Waals surface area contributed by atoms with Crippen molar-refractivity contribution in [1.29, 1.82) is 0 Å². The van der Waals surface area contributed by atoms with Crippen molar-refractivity contribution in [3.63, 3.8) is 0 Å². The van der Waals surface area contributed by atoms with E-state index >= 15 is 0 Å². The van der Waals surface area contributed by atoms with Gasteiger partial charge in [0.2, 0.25) is 5.95 Å². The maximum Gasteiger partial charge on any atom is 0.262 e. The summed E-state index contributed by atoms with van der Waals surface area (Å²) in [5, 5.41) is 0. The minimum absolute atomic E-state index is 0.269. The van der Waals surface area contributed by atoms with Gasteiger partial charge in [0.05, 0.1) is 23.0 Å². The Labute approximate surface area is 183 Å². The minimum Gasteiger partial charge on any atom is -0.353 e. The Morgan fingerprint density at radius 3 is 2.13 bits per heavy atom. The van der Waals surface area contributed by atoms with Crippen molar-refractivity contribution in [2.45, 2.75) is 25.7 Å². The van der Waals surface area contributed by atoms with Crippen LogP contribution in [-0.2, 0) is 10.0 Å².